The molecule has 0 unspecified atom stereocenters. The molecule has 8 aromatic rings. The van der Waals surface area contributed by atoms with Crippen LogP contribution in [0.5, 0.6) is 46.0 Å². The SMILES string of the molecule is Cc1cc(C(c2cc(C)c(O)cc2C)c2cc(Cc3cc(C4(c5cc(Cc6ccc(O)c(C(c7cc(C)c(O)cc7C)c7cc(C)c(O)cc7C)c6)c(O)c(C6CCCCC6)c5)CCCCC4)cc(C4CCCCC4)c3O)ccc2O)c(C)cc1O. The minimum Gasteiger partial charge on any atom is -0.508 e. The molecule has 0 aliphatic heterocycles. The van der Waals surface area contributed by atoms with Crippen molar-refractivity contribution < 1.29 is 40.9 Å². The normalized spacial score (nSPS) is 15.9. The summed E-state index contributed by atoms with van der Waals surface area (Å²) in [4.78, 5) is 0. The largest absolute Gasteiger partial charge is 0.508 e. The number of hydrogen-bond donors (Lipinski definition) is 8. The number of aromatic hydroxyl groups is 8. The predicted octanol–water partition coefficient (Wildman–Crippen LogP) is 18.7. The molecule has 3 fully saturated rings. The van der Waals surface area contributed by atoms with Crippen molar-refractivity contribution in [1.82, 2.24) is 0 Å². The summed E-state index contributed by atoms with van der Waals surface area (Å²) in [5, 5.41) is 93.2. The zero-order valence-corrected chi connectivity index (χ0v) is 51.8. The molecule has 0 bridgehead atoms. The Balaban J connectivity index is 1.06. The second kappa shape index (κ2) is 24.5. The third-order valence-electron chi connectivity index (χ3n) is 20.5. The summed E-state index contributed by atoms with van der Waals surface area (Å²) in [5.74, 6) is 1.34. The van der Waals surface area contributed by atoms with E-state index >= 15 is 0 Å². The van der Waals surface area contributed by atoms with Crippen molar-refractivity contribution >= 4 is 0 Å². The highest BCUT2D eigenvalue weighted by Gasteiger charge is 2.40. The standard InChI is InChI=1S/C78H88O8/c1-44-32-70(81)48(5)28-60(44)74(61-29-49(6)71(82)33-45(61)2)66-38-52(22-24-68(66)79)36-56-40-58(42-64(76(56)85)54-18-12-9-13-19-54)78(26-16-11-17-27-78)59-41-57(77(86)65(43-59)55-20-14-10-15-21-55)37-53-23-25-69(80)67(39-53)75(62-30-50(7)72(83)34-46(62)3)63-31-51(8)73(84)35-47(63)4/h22-25,28-35,38-43,54-55,74-75,79-86H,9-21,26-27,36-37H2,1-8H3. The lowest BCUT2D eigenvalue weighted by molar-refractivity contribution is 0.341. The molecule has 0 radical (unpaired) electrons. The van der Waals surface area contributed by atoms with E-state index in [1.54, 1.807) is 36.4 Å². The van der Waals surface area contributed by atoms with Crippen LogP contribution in [0.25, 0.3) is 0 Å². The first-order valence-corrected chi connectivity index (χ1v) is 31.8. The van der Waals surface area contributed by atoms with Gasteiger partial charge in [-0.3, -0.25) is 0 Å². The van der Waals surface area contributed by atoms with Gasteiger partial charge >= 0.3 is 0 Å². The van der Waals surface area contributed by atoms with E-state index < -0.39 is 17.3 Å². The minimum atomic E-state index is -0.436. The molecule has 3 aliphatic carbocycles. The number of aryl methyl sites for hydroxylation is 8. The molecular formula is C78H88O8. The zero-order valence-electron chi connectivity index (χ0n) is 51.8. The van der Waals surface area contributed by atoms with Gasteiger partial charge in [-0.2, -0.15) is 0 Å². The molecule has 448 valence electrons. The third-order valence-corrected chi connectivity index (χ3v) is 20.5. The number of phenols is 8. The highest BCUT2D eigenvalue weighted by molar-refractivity contribution is 5.62. The average molecular weight is 1150 g/mol. The summed E-state index contributed by atoms with van der Waals surface area (Å²) in [7, 11) is 0. The monoisotopic (exact) mass is 1150 g/mol. The van der Waals surface area contributed by atoms with Gasteiger partial charge in [0.15, 0.2) is 0 Å². The van der Waals surface area contributed by atoms with E-state index in [2.05, 4.69) is 36.4 Å². The van der Waals surface area contributed by atoms with E-state index in [-0.39, 0.29) is 46.3 Å². The Morgan fingerprint density at radius 2 is 0.640 bits per heavy atom. The van der Waals surface area contributed by atoms with Crippen LogP contribution in [-0.4, -0.2) is 40.9 Å². The summed E-state index contributed by atoms with van der Waals surface area (Å²) >= 11 is 0. The van der Waals surface area contributed by atoms with Crippen molar-refractivity contribution in [2.75, 3.05) is 0 Å². The van der Waals surface area contributed by atoms with Gasteiger partial charge in [-0.25, -0.2) is 0 Å². The maximum absolute atomic E-state index is 12.9. The number of benzene rings is 8. The highest BCUT2D eigenvalue weighted by atomic mass is 16.3. The number of rotatable bonds is 14. The summed E-state index contributed by atoms with van der Waals surface area (Å²) in [6.45, 7) is 15.5. The Labute approximate surface area is 509 Å². The van der Waals surface area contributed by atoms with E-state index in [0.29, 0.717) is 35.5 Å². The molecule has 8 nitrogen and oxygen atoms in total. The minimum absolute atomic E-state index is 0.140. The van der Waals surface area contributed by atoms with Crippen molar-refractivity contribution in [2.45, 2.75) is 194 Å². The molecule has 8 heteroatoms. The fraction of sp³-hybridized carbons (Fsp3) is 0.385. The van der Waals surface area contributed by atoms with Gasteiger partial charge < -0.3 is 40.9 Å². The van der Waals surface area contributed by atoms with Gasteiger partial charge in [0.2, 0.25) is 0 Å². The summed E-state index contributed by atoms with van der Waals surface area (Å²) in [6.07, 6.45) is 16.7. The van der Waals surface area contributed by atoms with Crippen LogP contribution in [0.4, 0.5) is 0 Å². The van der Waals surface area contributed by atoms with Gasteiger partial charge in [-0.15, -0.1) is 0 Å². The molecule has 0 atom stereocenters. The molecule has 11 rings (SSSR count). The first kappa shape index (κ1) is 59.9. The maximum atomic E-state index is 12.9. The van der Waals surface area contributed by atoms with E-state index in [9.17, 15) is 40.9 Å². The third kappa shape index (κ3) is 11.7. The van der Waals surface area contributed by atoms with Crippen LogP contribution in [0, 0.1) is 55.4 Å². The number of phenolic OH excluding ortho intramolecular Hbond substituents is 8. The van der Waals surface area contributed by atoms with E-state index in [0.717, 1.165) is 184 Å². The fourth-order valence-electron chi connectivity index (χ4n) is 15.5. The van der Waals surface area contributed by atoms with Crippen molar-refractivity contribution in [3.8, 4) is 46.0 Å². The Morgan fingerprint density at radius 1 is 0.326 bits per heavy atom. The molecule has 86 heavy (non-hydrogen) atoms. The predicted molar refractivity (Wildman–Crippen MR) is 346 cm³/mol. The molecule has 0 spiro atoms. The number of hydrogen-bond acceptors (Lipinski definition) is 8. The van der Waals surface area contributed by atoms with Crippen LogP contribution in [0.1, 0.15) is 242 Å². The van der Waals surface area contributed by atoms with Gasteiger partial charge in [-0.05, 0) is 253 Å². The Hall–Kier alpha value is -7.84. The van der Waals surface area contributed by atoms with Crippen LogP contribution in [0.2, 0.25) is 0 Å². The van der Waals surface area contributed by atoms with Crippen molar-refractivity contribution in [2.24, 2.45) is 0 Å². The average Bonchev–Trinajstić information content (AvgIpc) is 0.942. The van der Waals surface area contributed by atoms with Gasteiger partial charge in [-0.1, -0.05) is 131 Å². The Morgan fingerprint density at radius 3 is 0.965 bits per heavy atom. The first-order chi connectivity index (χ1) is 41.2. The molecule has 3 saturated carbocycles. The Bertz CT molecular complexity index is 3510. The highest BCUT2D eigenvalue weighted by Crippen LogP contribution is 2.53. The maximum Gasteiger partial charge on any atom is 0.122 e. The second-order valence-electron chi connectivity index (χ2n) is 26.4. The van der Waals surface area contributed by atoms with Crippen LogP contribution in [0.15, 0.2) is 109 Å². The van der Waals surface area contributed by atoms with Crippen LogP contribution >= 0.6 is 0 Å². The summed E-state index contributed by atoms with van der Waals surface area (Å²) in [6, 6.07) is 36.2. The van der Waals surface area contributed by atoms with Crippen LogP contribution < -0.4 is 0 Å². The van der Waals surface area contributed by atoms with Gasteiger partial charge in [0.1, 0.15) is 46.0 Å². The molecule has 0 heterocycles. The summed E-state index contributed by atoms with van der Waals surface area (Å²) < 4.78 is 0. The second-order valence-corrected chi connectivity index (χ2v) is 26.4. The first-order valence-electron chi connectivity index (χ1n) is 31.8. The van der Waals surface area contributed by atoms with Crippen molar-refractivity contribution in [3.05, 3.63) is 232 Å². The smallest absolute Gasteiger partial charge is 0.122 e. The lowest BCUT2D eigenvalue weighted by Gasteiger charge is -2.41. The molecule has 3 aliphatic rings. The lowest BCUT2D eigenvalue weighted by Crippen LogP contribution is -2.31. The van der Waals surface area contributed by atoms with Gasteiger partial charge in [0.25, 0.3) is 0 Å². The molecule has 0 amide bonds. The van der Waals surface area contributed by atoms with E-state index in [1.807, 2.05) is 91.8 Å². The molecule has 8 aromatic carbocycles. The zero-order chi connectivity index (χ0) is 60.9. The molecule has 0 saturated heterocycles. The van der Waals surface area contributed by atoms with Crippen LogP contribution in [0.3, 0.4) is 0 Å². The van der Waals surface area contributed by atoms with Crippen molar-refractivity contribution in [1.29, 1.82) is 0 Å². The fourth-order valence-corrected chi connectivity index (χ4v) is 15.5. The molecule has 8 N–H and O–H groups in total. The molecular weight excluding hydrogens is 1060 g/mol. The lowest BCUT2D eigenvalue weighted by atomic mass is 9.63. The van der Waals surface area contributed by atoms with Crippen LogP contribution in [-0.2, 0) is 18.3 Å². The van der Waals surface area contributed by atoms with Gasteiger partial charge in [0, 0.05) is 41.2 Å². The van der Waals surface area contributed by atoms with E-state index in [4.69, 9.17) is 0 Å². The Kier molecular flexibility index (Phi) is 17.1. The molecule has 0 aromatic heterocycles. The van der Waals surface area contributed by atoms with Gasteiger partial charge in [0.05, 0.1) is 0 Å². The topological polar surface area (TPSA) is 162 Å². The van der Waals surface area contributed by atoms with E-state index in [1.165, 1.54) is 24.0 Å². The summed E-state index contributed by atoms with van der Waals surface area (Å²) in [5.41, 5.74) is 19.2. The van der Waals surface area contributed by atoms with Crippen molar-refractivity contribution in [3.63, 3.8) is 0 Å². The quantitative estimate of drug-likeness (QED) is 0.0499.